The van der Waals surface area contributed by atoms with E-state index in [2.05, 4.69) is 36.9 Å². The monoisotopic (exact) mass is 258 g/mol. The highest BCUT2D eigenvalue weighted by molar-refractivity contribution is 5.31. The number of rotatable bonds is 4. The molecule has 0 saturated carbocycles. The van der Waals surface area contributed by atoms with Gasteiger partial charge in [0, 0.05) is 31.8 Å². The summed E-state index contributed by atoms with van der Waals surface area (Å²) < 4.78 is 5.45. The Balaban J connectivity index is 2.05. The zero-order valence-electron chi connectivity index (χ0n) is 11.8. The maximum absolute atomic E-state index is 8.83. The quantitative estimate of drug-likeness (QED) is 0.833. The molecule has 2 rings (SSSR count). The largest absolute Gasteiger partial charge is 0.381 e. The number of hydrogen-bond donors (Lipinski definition) is 0. The van der Waals surface area contributed by atoms with Crippen LogP contribution in [0, 0.1) is 11.3 Å². The Morgan fingerprint density at radius 2 is 1.89 bits per heavy atom. The summed E-state index contributed by atoms with van der Waals surface area (Å²) in [6.45, 7) is 7.20. The summed E-state index contributed by atoms with van der Waals surface area (Å²) in [5, 5.41) is 8.83. The Morgan fingerprint density at radius 3 is 2.42 bits per heavy atom. The van der Waals surface area contributed by atoms with Crippen LogP contribution in [0.3, 0.4) is 0 Å². The van der Waals surface area contributed by atoms with Crippen LogP contribution < -0.4 is 0 Å². The molecule has 0 radical (unpaired) electrons. The lowest BCUT2D eigenvalue weighted by molar-refractivity contribution is 0.0188. The number of nitrogens with zero attached hydrogens (tertiary/aromatic N) is 2. The van der Waals surface area contributed by atoms with Crippen LogP contribution >= 0.6 is 0 Å². The van der Waals surface area contributed by atoms with Crippen molar-refractivity contribution in [3.63, 3.8) is 0 Å². The van der Waals surface area contributed by atoms with Gasteiger partial charge in [-0.3, -0.25) is 4.90 Å². The average molecular weight is 258 g/mol. The van der Waals surface area contributed by atoms with E-state index in [-0.39, 0.29) is 0 Å². The minimum atomic E-state index is 0.527. The second-order valence-corrected chi connectivity index (χ2v) is 5.42. The second kappa shape index (κ2) is 6.70. The van der Waals surface area contributed by atoms with Crippen molar-refractivity contribution < 1.29 is 4.74 Å². The van der Waals surface area contributed by atoms with Crippen LogP contribution in [0.15, 0.2) is 24.3 Å². The molecule has 0 spiro atoms. The molecule has 1 aromatic carbocycles. The van der Waals surface area contributed by atoms with E-state index in [1.54, 1.807) is 0 Å². The van der Waals surface area contributed by atoms with Crippen LogP contribution in [-0.4, -0.2) is 30.2 Å². The average Bonchev–Trinajstić information content (AvgIpc) is 2.46. The van der Waals surface area contributed by atoms with Gasteiger partial charge in [-0.1, -0.05) is 12.1 Å². The third-order valence-corrected chi connectivity index (χ3v) is 3.77. The van der Waals surface area contributed by atoms with Gasteiger partial charge in [0.05, 0.1) is 11.6 Å². The van der Waals surface area contributed by atoms with Crippen LogP contribution in [0.1, 0.15) is 37.8 Å². The molecule has 0 unspecified atom stereocenters. The van der Waals surface area contributed by atoms with Crippen molar-refractivity contribution in [3.8, 4) is 6.07 Å². The molecule has 0 bridgehead atoms. The third-order valence-electron chi connectivity index (χ3n) is 3.77. The number of hydrogen-bond acceptors (Lipinski definition) is 3. The summed E-state index contributed by atoms with van der Waals surface area (Å²) >= 11 is 0. The normalized spacial score (nSPS) is 16.8. The van der Waals surface area contributed by atoms with Gasteiger partial charge in [0.1, 0.15) is 0 Å². The standard InChI is InChI=1S/C16H22N2O/c1-13(2)18(16-7-9-19-10-8-16)12-15-5-3-14(11-17)4-6-15/h3-6,13,16H,7-10,12H2,1-2H3. The van der Waals surface area contributed by atoms with Gasteiger partial charge in [-0.2, -0.15) is 5.26 Å². The fraction of sp³-hybridized carbons (Fsp3) is 0.562. The summed E-state index contributed by atoms with van der Waals surface area (Å²) in [4.78, 5) is 2.55. The molecule has 1 fully saturated rings. The highest BCUT2D eigenvalue weighted by Gasteiger charge is 2.23. The van der Waals surface area contributed by atoms with E-state index in [1.165, 1.54) is 5.56 Å². The first-order valence-corrected chi connectivity index (χ1v) is 7.03. The minimum absolute atomic E-state index is 0.527. The summed E-state index contributed by atoms with van der Waals surface area (Å²) in [5.74, 6) is 0. The lowest BCUT2D eigenvalue weighted by Gasteiger charge is -2.37. The van der Waals surface area contributed by atoms with E-state index in [4.69, 9.17) is 10.00 Å². The van der Waals surface area contributed by atoms with Gasteiger partial charge in [-0.05, 0) is 44.4 Å². The molecular weight excluding hydrogens is 236 g/mol. The number of nitriles is 1. The van der Waals surface area contributed by atoms with Crippen molar-refractivity contribution >= 4 is 0 Å². The first-order chi connectivity index (χ1) is 9.20. The predicted octanol–water partition coefficient (Wildman–Crippen LogP) is 2.95. The van der Waals surface area contributed by atoms with Gasteiger partial charge in [-0.25, -0.2) is 0 Å². The maximum atomic E-state index is 8.83. The fourth-order valence-electron chi connectivity index (χ4n) is 2.65. The number of ether oxygens (including phenoxy) is 1. The van der Waals surface area contributed by atoms with Crippen molar-refractivity contribution in [2.45, 2.75) is 45.3 Å². The molecule has 1 aliphatic rings. The molecule has 1 saturated heterocycles. The van der Waals surface area contributed by atoms with Crippen LogP contribution in [0.5, 0.6) is 0 Å². The van der Waals surface area contributed by atoms with Crippen molar-refractivity contribution in [2.24, 2.45) is 0 Å². The van der Waals surface area contributed by atoms with Gasteiger partial charge in [0.15, 0.2) is 0 Å². The van der Waals surface area contributed by atoms with Crippen LogP contribution in [-0.2, 0) is 11.3 Å². The van der Waals surface area contributed by atoms with Crippen LogP contribution in [0.2, 0.25) is 0 Å². The van der Waals surface area contributed by atoms with E-state index in [0.29, 0.717) is 12.1 Å². The number of benzene rings is 1. The van der Waals surface area contributed by atoms with Gasteiger partial charge in [0.25, 0.3) is 0 Å². The summed E-state index contributed by atoms with van der Waals surface area (Å²) in [5.41, 5.74) is 2.00. The lowest BCUT2D eigenvalue weighted by atomic mass is 10.0. The molecule has 102 valence electrons. The third kappa shape index (κ3) is 3.79. The molecule has 0 N–H and O–H groups in total. The molecule has 0 amide bonds. The van der Waals surface area contributed by atoms with Gasteiger partial charge < -0.3 is 4.74 Å². The van der Waals surface area contributed by atoms with Crippen molar-refractivity contribution in [2.75, 3.05) is 13.2 Å². The molecule has 1 aliphatic heterocycles. The first-order valence-electron chi connectivity index (χ1n) is 7.03. The molecule has 3 nitrogen and oxygen atoms in total. The smallest absolute Gasteiger partial charge is 0.0991 e. The summed E-state index contributed by atoms with van der Waals surface area (Å²) in [6, 6.07) is 11.2. The second-order valence-electron chi connectivity index (χ2n) is 5.42. The van der Waals surface area contributed by atoms with E-state index in [1.807, 2.05) is 12.1 Å². The van der Waals surface area contributed by atoms with E-state index in [0.717, 1.165) is 38.2 Å². The van der Waals surface area contributed by atoms with Gasteiger partial charge in [-0.15, -0.1) is 0 Å². The predicted molar refractivity (Wildman–Crippen MR) is 75.7 cm³/mol. The topological polar surface area (TPSA) is 36.3 Å². The highest BCUT2D eigenvalue weighted by atomic mass is 16.5. The highest BCUT2D eigenvalue weighted by Crippen LogP contribution is 2.20. The minimum Gasteiger partial charge on any atom is -0.381 e. The van der Waals surface area contributed by atoms with Crippen molar-refractivity contribution in [3.05, 3.63) is 35.4 Å². The summed E-state index contributed by atoms with van der Waals surface area (Å²) in [7, 11) is 0. The zero-order valence-corrected chi connectivity index (χ0v) is 11.8. The fourth-order valence-corrected chi connectivity index (χ4v) is 2.65. The van der Waals surface area contributed by atoms with Crippen molar-refractivity contribution in [1.82, 2.24) is 4.90 Å². The molecular formula is C16H22N2O. The zero-order chi connectivity index (χ0) is 13.7. The Kier molecular flexibility index (Phi) is 4.95. The Hall–Kier alpha value is -1.37. The molecule has 1 aromatic rings. The molecule has 1 heterocycles. The molecule has 0 aliphatic carbocycles. The van der Waals surface area contributed by atoms with Crippen LogP contribution in [0.25, 0.3) is 0 Å². The molecule has 19 heavy (non-hydrogen) atoms. The van der Waals surface area contributed by atoms with E-state index in [9.17, 15) is 0 Å². The Morgan fingerprint density at radius 1 is 1.26 bits per heavy atom. The van der Waals surface area contributed by atoms with Gasteiger partial charge >= 0.3 is 0 Å². The maximum Gasteiger partial charge on any atom is 0.0991 e. The molecule has 3 heteroatoms. The van der Waals surface area contributed by atoms with E-state index < -0.39 is 0 Å². The Labute approximate surface area is 115 Å². The lowest BCUT2D eigenvalue weighted by Crippen LogP contribution is -2.43. The van der Waals surface area contributed by atoms with Crippen molar-refractivity contribution in [1.29, 1.82) is 5.26 Å². The first kappa shape index (κ1) is 14.0. The molecule has 0 atom stereocenters. The van der Waals surface area contributed by atoms with Crippen LogP contribution in [0.4, 0.5) is 0 Å². The Bertz CT molecular complexity index is 427. The summed E-state index contributed by atoms with van der Waals surface area (Å²) in [6.07, 6.45) is 2.24. The van der Waals surface area contributed by atoms with Gasteiger partial charge in [0.2, 0.25) is 0 Å². The SMILES string of the molecule is CC(C)N(Cc1ccc(C#N)cc1)C1CCOCC1. The van der Waals surface area contributed by atoms with E-state index >= 15 is 0 Å². The molecule has 0 aromatic heterocycles.